The maximum absolute atomic E-state index is 13.5. The van der Waals surface area contributed by atoms with Crippen molar-refractivity contribution in [1.29, 1.82) is 0 Å². The van der Waals surface area contributed by atoms with E-state index in [0.29, 0.717) is 0 Å². The van der Waals surface area contributed by atoms with Crippen molar-refractivity contribution in [3.63, 3.8) is 0 Å². The van der Waals surface area contributed by atoms with Crippen molar-refractivity contribution < 1.29 is 34.1 Å². The quantitative estimate of drug-likeness (QED) is 0.140. The van der Waals surface area contributed by atoms with E-state index >= 15 is 0 Å². The first-order valence-corrected chi connectivity index (χ1v) is 14.1. The number of rotatable bonds is 16. The number of fused-ring (bicyclic) bond motifs is 1. The van der Waals surface area contributed by atoms with E-state index in [1.165, 1.54) is 0 Å². The summed E-state index contributed by atoms with van der Waals surface area (Å²) in [5, 5.41) is 25.5. The van der Waals surface area contributed by atoms with Crippen LogP contribution in [0.15, 0.2) is 60.8 Å². The number of aliphatic carboxylic acids is 1. The van der Waals surface area contributed by atoms with Crippen LogP contribution in [0.1, 0.15) is 50.7 Å². The van der Waals surface area contributed by atoms with Gasteiger partial charge in [0.25, 0.3) is 5.91 Å². The fraction of sp³-hybridized carbons (Fsp3) is 0.419. The lowest BCUT2D eigenvalue weighted by molar-refractivity contribution is -0.149. The van der Waals surface area contributed by atoms with Crippen LogP contribution < -0.4 is 16.4 Å². The number of esters is 1. The summed E-state index contributed by atoms with van der Waals surface area (Å²) in [7, 11) is 0. The van der Waals surface area contributed by atoms with Crippen LogP contribution in [0.3, 0.4) is 0 Å². The molecule has 0 bridgehead atoms. The van der Waals surface area contributed by atoms with Crippen molar-refractivity contribution in [3.05, 3.63) is 71.9 Å². The zero-order chi connectivity index (χ0) is 30.6. The van der Waals surface area contributed by atoms with Gasteiger partial charge in [0, 0.05) is 36.0 Å². The van der Waals surface area contributed by atoms with Gasteiger partial charge in [0.1, 0.15) is 24.8 Å². The fourth-order valence-corrected chi connectivity index (χ4v) is 4.62. The first-order chi connectivity index (χ1) is 20.0. The van der Waals surface area contributed by atoms with Crippen LogP contribution in [0.5, 0.6) is 0 Å². The minimum absolute atomic E-state index is 0.0143. The number of H-pyrrole nitrogens is 1. The second-order valence-corrected chi connectivity index (χ2v) is 10.8. The van der Waals surface area contributed by atoms with Gasteiger partial charge < -0.3 is 36.3 Å². The predicted molar refractivity (Wildman–Crippen MR) is 157 cm³/mol. The summed E-state index contributed by atoms with van der Waals surface area (Å²) in [6, 6.07) is 13.6. The molecule has 226 valence electrons. The van der Waals surface area contributed by atoms with Crippen molar-refractivity contribution in [3.8, 4) is 0 Å². The Kier molecular flexibility index (Phi) is 12.1. The molecule has 2 aromatic carbocycles. The molecular formula is C31H40N4O7. The molecule has 3 rings (SSSR count). The van der Waals surface area contributed by atoms with Crippen LogP contribution in [0, 0.1) is 5.92 Å². The number of nitrogens with one attached hydrogen (secondary N) is 3. The van der Waals surface area contributed by atoms with Crippen LogP contribution in [-0.4, -0.2) is 63.2 Å². The molecule has 42 heavy (non-hydrogen) atoms. The highest BCUT2D eigenvalue weighted by molar-refractivity contribution is 5.92. The lowest BCUT2D eigenvalue weighted by atomic mass is 9.99. The molecule has 0 aliphatic carbocycles. The molecule has 1 heterocycles. The number of carbonyl (C=O) groups excluding carboxylic acids is 3. The van der Waals surface area contributed by atoms with Crippen LogP contribution in [0.25, 0.3) is 10.9 Å². The summed E-state index contributed by atoms with van der Waals surface area (Å²) in [6.45, 7) is 3.77. The van der Waals surface area contributed by atoms with Gasteiger partial charge in [-0.15, -0.1) is 0 Å². The molecule has 0 aliphatic heterocycles. The van der Waals surface area contributed by atoms with Crippen LogP contribution >= 0.6 is 0 Å². The monoisotopic (exact) mass is 580 g/mol. The summed E-state index contributed by atoms with van der Waals surface area (Å²) in [5.41, 5.74) is 8.39. The van der Waals surface area contributed by atoms with Crippen molar-refractivity contribution >= 4 is 34.7 Å². The molecule has 11 heteroatoms. The number of amides is 2. The standard InChI is InChI=1S/C31H40N4O7/c1-19(2)15-25(34-30(40)28(38)23(32)12-8-14-27(36)37)29(39)35-26(31(41)42-18-20-9-4-3-5-10-20)16-21-17-33-24-13-7-6-11-22(21)24/h3-7,9-11,13,17,19,23,25-26,28,33,38H,8,12,14-16,18,32H2,1-2H3,(H,34,40)(H,35,39)(H,36,37)/t23-,25+,26+,28+/m1/s1. The molecule has 1 aromatic heterocycles. The molecule has 7 N–H and O–H groups in total. The minimum atomic E-state index is -1.64. The van der Waals surface area contributed by atoms with E-state index in [1.807, 2.05) is 68.4 Å². The number of carboxylic acid groups (broad SMARTS) is 1. The SMILES string of the molecule is CC(C)C[C@H](NC(=O)[C@@H](O)[C@H](N)CCCC(=O)O)C(=O)N[C@@H](Cc1c[nH]c2ccccc12)C(=O)OCc1ccccc1. The summed E-state index contributed by atoms with van der Waals surface area (Å²) in [6.07, 6.45) is 0.682. The highest BCUT2D eigenvalue weighted by Gasteiger charge is 2.32. The number of ether oxygens (including phenoxy) is 1. The molecule has 0 saturated carbocycles. The molecule has 0 spiro atoms. The fourth-order valence-electron chi connectivity index (χ4n) is 4.62. The Bertz CT molecular complexity index is 1340. The number of carboxylic acids is 1. The Morgan fingerprint density at radius 2 is 1.62 bits per heavy atom. The van der Waals surface area contributed by atoms with Gasteiger partial charge in [-0.25, -0.2) is 4.79 Å². The van der Waals surface area contributed by atoms with Gasteiger partial charge in [-0.05, 0) is 42.4 Å². The number of hydrogen-bond acceptors (Lipinski definition) is 7. The predicted octanol–water partition coefficient (Wildman–Crippen LogP) is 2.41. The Balaban J connectivity index is 1.75. The minimum Gasteiger partial charge on any atom is -0.481 e. The van der Waals surface area contributed by atoms with Crippen LogP contribution in [0.4, 0.5) is 0 Å². The average molecular weight is 581 g/mol. The molecule has 3 aromatic rings. The normalized spacial score (nSPS) is 14.1. The summed E-state index contributed by atoms with van der Waals surface area (Å²) >= 11 is 0. The first kappa shape index (κ1) is 32.3. The molecule has 11 nitrogen and oxygen atoms in total. The van der Waals surface area contributed by atoms with Gasteiger partial charge in [-0.3, -0.25) is 14.4 Å². The van der Waals surface area contributed by atoms with Gasteiger partial charge in [0.2, 0.25) is 5.91 Å². The van der Waals surface area contributed by atoms with E-state index in [1.54, 1.807) is 6.20 Å². The van der Waals surface area contributed by atoms with Crippen LogP contribution in [0.2, 0.25) is 0 Å². The van der Waals surface area contributed by atoms with Gasteiger partial charge in [0.15, 0.2) is 0 Å². The number of aromatic amines is 1. The number of hydrogen-bond donors (Lipinski definition) is 6. The summed E-state index contributed by atoms with van der Waals surface area (Å²) < 4.78 is 5.57. The number of benzene rings is 2. The number of nitrogens with two attached hydrogens (primary N) is 1. The number of carbonyl (C=O) groups is 4. The van der Waals surface area contributed by atoms with Crippen molar-refractivity contribution in [2.45, 2.75) is 76.8 Å². The highest BCUT2D eigenvalue weighted by atomic mass is 16.5. The van der Waals surface area contributed by atoms with Crippen molar-refractivity contribution in [2.75, 3.05) is 0 Å². The zero-order valence-corrected chi connectivity index (χ0v) is 23.9. The van der Waals surface area contributed by atoms with E-state index in [2.05, 4.69) is 15.6 Å². The zero-order valence-electron chi connectivity index (χ0n) is 23.9. The van der Waals surface area contributed by atoms with Crippen molar-refractivity contribution in [1.82, 2.24) is 15.6 Å². The number of aromatic nitrogens is 1. The van der Waals surface area contributed by atoms with E-state index < -0.39 is 48.0 Å². The maximum Gasteiger partial charge on any atom is 0.329 e. The van der Waals surface area contributed by atoms with Gasteiger partial charge in [-0.2, -0.15) is 0 Å². The Morgan fingerprint density at radius 1 is 0.952 bits per heavy atom. The lowest BCUT2D eigenvalue weighted by Gasteiger charge is -2.26. The Labute approximate surface area is 244 Å². The van der Waals surface area contributed by atoms with E-state index in [9.17, 15) is 24.3 Å². The maximum atomic E-state index is 13.5. The summed E-state index contributed by atoms with van der Waals surface area (Å²) in [4.78, 5) is 53.6. The van der Waals surface area contributed by atoms with E-state index in [0.717, 1.165) is 22.0 Å². The third-order valence-corrected chi connectivity index (χ3v) is 6.87. The second kappa shape index (κ2) is 15.7. The van der Waals surface area contributed by atoms with Crippen molar-refractivity contribution in [2.24, 2.45) is 11.7 Å². The van der Waals surface area contributed by atoms with Gasteiger partial charge in [0.05, 0.1) is 0 Å². The summed E-state index contributed by atoms with van der Waals surface area (Å²) in [5.74, 6) is -3.10. The molecule has 0 aliphatic rings. The first-order valence-electron chi connectivity index (χ1n) is 14.1. The molecule has 2 amide bonds. The smallest absolute Gasteiger partial charge is 0.329 e. The third-order valence-electron chi connectivity index (χ3n) is 6.87. The van der Waals surface area contributed by atoms with E-state index in [-0.39, 0.29) is 44.6 Å². The van der Waals surface area contributed by atoms with E-state index in [4.69, 9.17) is 15.6 Å². The number of aliphatic hydroxyl groups is 1. The van der Waals surface area contributed by atoms with Crippen LogP contribution in [-0.2, 0) is 36.9 Å². The van der Waals surface area contributed by atoms with Gasteiger partial charge >= 0.3 is 11.9 Å². The largest absolute Gasteiger partial charge is 0.481 e. The highest BCUT2D eigenvalue weighted by Crippen LogP contribution is 2.20. The molecule has 0 saturated heterocycles. The molecule has 0 fully saturated rings. The molecular weight excluding hydrogens is 540 g/mol. The average Bonchev–Trinajstić information content (AvgIpc) is 3.37. The molecule has 4 atom stereocenters. The second-order valence-electron chi connectivity index (χ2n) is 10.8. The number of aliphatic hydroxyl groups excluding tert-OH is 1. The lowest BCUT2D eigenvalue weighted by Crippen LogP contribution is -2.56. The molecule has 0 radical (unpaired) electrons. The Morgan fingerprint density at radius 3 is 2.31 bits per heavy atom. The Hall–Kier alpha value is -4.22. The topological polar surface area (TPSA) is 184 Å². The number of para-hydroxylation sites is 1. The molecule has 0 unspecified atom stereocenters. The van der Waals surface area contributed by atoms with Gasteiger partial charge in [-0.1, -0.05) is 62.4 Å². The third kappa shape index (κ3) is 9.71.